The highest BCUT2D eigenvalue weighted by molar-refractivity contribution is 14.1. The van der Waals surface area contributed by atoms with Gasteiger partial charge in [-0.25, -0.2) is 4.79 Å². The lowest BCUT2D eigenvalue weighted by atomic mass is 10.3. The summed E-state index contributed by atoms with van der Waals surface area (Å²) in [6.07, 6.45) is -5.66. The molecule has 1 amide bonds. The van der Waals surface area contributed by atoms with E-state index >= 15 is 0 Å². The molecule has 100 valence electrons. The Hall–Kier alpha value is -1.19. The van der Waals surface area contributed by atoms with Gasteiger partial charge in [-0.3, -0.25) is 5.32 Å². The van der Waals surface area contributed by atoms with Crippen LogP contribution in [0.1, 0.15) is 6.92 Å². The number of rotatable bonds is 3. The van der Waals surface area contributed by atoms with Gasteiger partial charge in [0.05, 0.1) is 12.3 Å². The van der Waals surface area contributed by atoms with E-state index in [0.29, 0.717) is 3.57 Å². The van der Waals surface area contributed by atoms with Gasteiger partial charge >= 0.3 is 12.5 Å². The molecular formula is C10H9F3INO3. The van der Waals surface area contributed by atoms with E-state index in [-0.39, 0.29) is 12.3 Å². The molecule has 1 rings (SSSR count). The van der Waals surface area contributed by atoms with Gasteiger partial charge < -0.3 is 9.47 Å². The second-order valence-electron chi connectivity index (χ2n) is 3.01. The van der Waals surface area contributed by atoms with E-state index in [1.54, 1.807) is 29.5 Å². The molecule has 0 spiro atoms. The van der Waals surface area contributed by atoms with Gasteiger partial charge in [0.1, 0.15) is 0 Å². The minimum atomic E-state index is -4.82. The van der Waals surface area contributed by atoms with Crippen LogP contribution in [0.2, 0.25) is 0 Å². The number of anilines is 1. The van der Waals surface area contributed by atoms with Gasteiger partial charge in [-0.05, 0) is 41.6 Å². The number of amides is 1. The van der Waals surface area contributed by atoms with Gasteiger partial charge in [-0.1, -0.05) is 6.07 Å². The molecule has 0 aromatic heterocycles. The van der Waals surface area contributed by atoms with Gasteiger partial charge in [-0.2, -0.15) is 0 Å². The Balaban J connectivity index is 2.97. The fraction of sp³-hybridized carbons (Fsp3) is 0.300. The van der Waals surface area contributed by atoms with Gasteiger partial charge in [0.25, 0.3) is 0 Å². The quantitative estimate of drug-likeness (QED) is 0.819. The van der Waals surface area contributed by atoms with E-state index in [1.165, 1.54) is 12.1 Å². The standard InChI is InChI=1S/C10H9F3INO3/c1-2-17-9(16)15-8-6(14)4-3-5-7(8)18-10(11,12)13/h3-5H,2H2,1H3,(H,15,16). The van der Waals surface area contributed by atoms with Crippen LogP contribution in [0.4, 0.5) is 23.7 Å². The summed E-state index contributed by atoms with van der Waals surface area (Å²) in [4.78, 5) is 11.2. The number of carbonyl (C=O) groups excluding carboxylic acids is 1. The maximum absolute atomic E-state index is 12.2. The molecule has 0 radical (unpaired) electrons. The number of ether oxygens (including phenoxy) is 2. The second-order valence-corrected chi connectivity index (χ2v) is 4.17. The molecule has 1 aromatic carbocycles. The molecule has 0 aliphatic heterocycles. The predicted molar refractivity (Wildman–Crippen MR) is 66.5 cm³/mol. The Morgan fingerprint density at radius 3 is 2.67 bits per heavy atom. The van der Waals surface area contributed by atoms with Gasteiger partial charge in [0.15, 0.2) is 5.75 Å². The molecule has 0 heterocycles. The van der Waals surface area contributed by atoms with Crippen molar-refractivity contribution in [1.29, 1.82) is 0 Å². The van der Waals surface area contributed by atoms with Gasteiger partial charge in [0, 0.05) is 3.57 Å². The number of carbonyl (C=O) groups is 1. The van der Waals surface area contributed by atoms with E-state index in [4.69, 9.17) is 0 Å². The number of para-hydroxylation sites is 1. The summed E-state index contributed by atoms with van der Waals surface area (Å²) in [7, 11) is 0. The number of benzene rings is 1. The minimum Gasteiger partial charge on any atom is -0.450 e. The van der Waals surface area contributed by atoms with Crippen LogP contribution in [-0.4, -0.2) is 19.1 Å². The fourth-order valence-corrected chi connectivity index (χ4v) is 1.71. The topological polar surface area (TPSA) is 47.6 Å². The smallest absolute Gasteiger partial charge is 0.450 e. The largest absolute Gasteiger partial charge is 0.573 e. The molecule has 0 saturated carbocycles. The molecular weight excluding hydrogens is 366 g/mol. The summed E-state index contributed by atoms with van der Waals surface area (Å²) in [6.45, 7) is 1.70. The van der Waals surface area contributed by atoms with Crippen LogP contribution in [-0.2, 0) is 4.74 Å². The lowest BCUT2D eigenvalue weighted by molar-refractivity contribution is -0.274. The Labute approximate surface area is 115 Å². The average Bonchev–Trinajstić information content (AvgIpc) is 2.21. The van der Waals surface area contributed by atoms with Crippen molar-refractivity contribution in [3.63, 3.8) is 0 Å². The van der Waals surface area contributed by atoms with Gasteiger partial charge in [0.2, 0.25) is 0 Å². The molecule has 0 aliphatic carbocycles. The van der Waals surface area contributed by atoms with Crippen molar-refractivity contribution in [3.05, 3.63) is 21.8 Å². The van der Waals surface area contributed by atoms with Crippen LogP contribution >= 0.6 is 22.6 Å². The third-order valence-electron chi connectivity index (χ3n) is 1.70. The number of hydrogen-bond donors (Lipinski definition) is 1. The number of alkyl halides is 3. The van der Waals surface area contributed by atoms with Crippen molar-refractivity contribution in [1.82, 2.24) is 0 Å². The number of hydrogen-bond acceptors (Lipinski definition) is 3. The molecule has 0 aliphatic rings. The number of halogens is 4. The predicted octanol–water partition coefficient (Wildman–Crippen LogP) is 3.76. The van der Waals surface area contributed by atoms with Crippen molar-refractivity contribution in [2.24, 2.45) is 0 Å². The van der Waals surface area contributed by atoms with Crippen LogP contribution < -0.4 is 10.1 Å². The molecule has 0 bridgehead atoms. The third kappa shape index (κ3) is 4.59. The first kappa shape index (κ1) is 14.9. The summed E-state index contributed by atoms with van der Waals surface area (Å²) in [5.74, 6) is -0.484. The first-order valence-electron chi connectivity index (χ1n) is 4.81. The SMILES string of the molecule is CCOC(=O)Nc1c(I)cccc1OC(F)(F)F. The molecule has 1 aromatic rings. The van der Waals surface area contributed by atoms with Gasteiger partial charge in [-0.15, -0.1) is 13.2 Å². The highest BCUT2D eigenvalue weighted by Gasteiger charge is 2.32. The molecule has 18 heavy (non-hydrogen) atoms. The molecule has 1 N–H and O–H groups in total. The summed E-state index contributed by atoms with van der Waals surface area (Å²) in [5, 5.41) is 2.21. The lowest BCUT2D eigenvalue weighted by Gasteiger charge is -2.15. The van der Waals surface area contributed by atoms with E-state index < -0.39 is 18.2 Å². The van der Waals surface area contributed by atoms with Crippen molar-refractivity contribution < 1.29 is 27.4 Å². The first-order chi connectivity index (χ1) is 8.33. The number of nitrogens with one attached hydrogen (secondary N) is 1. The first-order valence-corrected chi connectivity index (χ1v) is 5.89. The summed E-state index contributed by atoms with van der Waals surface area (Å²) in [6, 6.07) is 4.03. The summed E-state index contributed by atoms with van der Waals surface area (Å²) < 4.78 is 45.3. The Kier molecular flexibility index (Phi) is 5.05. The lowest BCUT2D eigenvalue weighted by Crippen LogP contribution is -2.20. The zero-order chi connectivity index (χ0) is 13.8. The highest BCUT2D eigenvalue weighted by Crippen LogP contribution is 2.33. The van der Waals surface area contributed by atoms with Crippen LogP contribution in [0.25, 0.3) is 0 Å². The zero-order valence-electron chi connectivity index (χ0n) is 9.18. The van der Waals surface area contributed by atoms with Crippen molar-refractivity contribution in [3.8, 4) is 5.75 Å². The van der Waals surface area contributed by atoms with Crippen molar-refractivity contribution in [2.45, 2.75) is 13.3 Å². The highest BCUT2D eigenvalue weighted by atomic mass is 127. The van der Waals surface area contributed by atoms with E-state index in [0.717, 1.165) is 6.07 Å². The van der Waals surface area contributed by atoms with Crippen LogP contribution in [0.5, 0.6) is 5.75 Å². The Morgan fingerprint density at radius 2 is 2.11 bits per heavy atom. The monoisotopic (exact) mass is 375 g/mol. The van der Waals surface area contributed by atoms with E-state index in [9.17, 15) is 18.0 Å². The fourth-order valence-electron chi connectivity index (χ4n) is 1.10. The Bertz CT molecular complexity index is 437. The molecule has 8 heteroatoms. The average molecular weight is 375 g/mol. The molecule has 0 fully saturated rings. The summed E-state index contributed by atoms with van der Waals surface area (Å²) in [5.41, 5.74) is -0.0751. The van der Waals surface area contributed by atoms with E-state index in [1.807, 2.05) is 0 Å². The minimum absolute atomic E-state index is 0.0751. The zero-order valence-corrected chi connectivity index (χ0v) is 11.3. The van der Waals surface area contributed by atoms with Crippen LogP contribution in [0.3, 0.4) is 0 Å². The van der Waals surface area contributed by atoms with E-state index in [2.05, 4.69) is 14.8 Å². The van der Waals surface area contributed by atoms with Crippen molar-refractivity contribution >= 4 is 34.4 Å². The maximum Gasteiger partial charge on any atom is 0.573 e. The maximum atomic E-state index is 12.2. The molecule has 0 unspecified atom stereocenters. The molecule has 0 atom stereocenters. The van der Waals surface area contributed by atoms with Crippen LogP contribution in [0, 0.1) is 3.57 Å². The molecule has 0 saturated heterocycles. The molecule has 4 nitrogen and oxygen atoms in total. The third-order valence-corrected chi connectivity index (χ3v) is 2.60. The summed E-state index contributed by atoms with van der Waals surface area (Å²) >= 11 is 1.78. The second kappa shape index (κ2) is 6.12. The Morgan fingerprint density at radius 1 is 1.44 bits per heavy atom. The van der Waals surface area contributed by atoms with Crippen LogP contribution in [0.15, 0.2) is 18.2 Å². The van der Waals surface area contributed by atoms with Crippen molar-refractivity contribution in [2.75, 3.05) is 11.9 Å². The normalized spacial score (nSPS) is 10.9.